The summed E-state index contributed by atoms with van der Waals surface area (Å²) in [5, 5.41) is 6.49. The third kappa shape index (κ3) is 7.33. The lowest BCUT2D eigenvalue weighted by Crippen LogP contribution is -2.42. The summed E-state index contributed by atoms with van der Waals surface area (Å²) in [5.41, 5.74) is 1.52. The maximum absolute atomic E-state index is 13.6. The normalized spacial score (nSPS) is 14.9. The number of halogens is 2. The predicted octanol–water partition coefficient (Wildman–Crippen LogP) is 3.56. The van der Waals surface area contributed by atoms with Crippen LogP contribution in [0, 0.1) is 11.7 Å². The van der Waals surface area contributed by atoms with Crippen LogP contribution in [0.2, 0.25) is 5.02 Å². The molecular formula is C24H29ClFN3O2. The SMILES string of the molecule is O=C(CCN1CCC(C(=O)NCCc2ccccc2F)CC1)NCc1ccccc1Cl. The van der Waals surface area contributed by atoms with Gasteiger partial charge in [-0.2, -0.15) is 0 Å². The van der Waals surface area contributed by atoms with Crippen molar-refractivity contribution in [3.05, 3.63) is 70.5 Å². The van der Waals surface area contributed by atoms with Gasteiger partial charge in [-0.25, -0.2) is 4.39 Å². The van der Waals surface area contributed by atoms with Crippen molar-refractivity contribution in [3.63, 3.8) is 0 Å². The molecule has 2 amide bonds. The third-order valence-corrected chi connectivity index (χ3v) is 6.07. The first-order valence-electron chi connectivity index (χ1n) is 10.8. The molecule has 0 unspecified atom stereocenters. The Labute approximate surface area is 188 Å². The van der Waals surface area contributed by atoms with Gasteiger partial charge in [0.05, 0.1) is 0 Å². The Morgan fingerprint density at radius 3 is 2.39 bits per heavy atom. The molecule has 1 fully saturated rings. The second-order valence-electron chi connectivity index (χ2n) is 7.87. The number of benzene rings is 2. The van der Waals surface area contributed by atoms with Crippen molar-refractivity contribution in [1.29, 1.82) is 0 Å². The van der Waals surface area contributed by atoms with E-state index < -0.39 is 0 Å². The number of hydrogen-bond donors (Lipinski definition) is 2. The number of nitrogens with zero attached hydrogens (tertiary/aromatic N) is 1. The number of amides is 2. The lowest BCUT2D eigenvalue weighted by atomic mass is 9.95. The van der Waals surface area contributed by atoms with Crippen LogP contribution in [0.1, 0.15) is 30.4 Å². The van der Waals surface area contributed by atoms with Gasteiger partial charge in [-0.05, 0) is 55.6 Å². The zero-order valence-corrected chi connectivity index (χ0v) is 18.3. The predicted molar refractivity (Wildman–Crippen MR) is 120 cm³/mol. The van der Waals surface area contributed by atoms with Gasteiger partial charge >= 0.3 is 0 Å². The van der Waals surface area contributed by atoms with E-state index in [-0.39, 0.29) is 23.5 Å². The minimum absolute atomic E-state index is 0.00655. The Hall–Kier alpha value is -2.44. The van der Waals surface area contributed by atoms with Crippen LogP contribution in [0.25, 0.3) is 0 Å². The Morgan fingerprint density at radius 2 is 1.68 bits per heavy atom. The molecule has 31 heavy (non-hydrogen) atoms. The van der Waals surface area contributed by atoms with E-state index in [2.05, 4.69) is 15.5 Å². The third-order valence-electron chi connectivity index (χ3n) is 5.70. The number of carbonyl (C=O) groups is 2. The topological polar surface area (TPSA) is 61.4 Å². The van der Waals surface area contributed by atoms with E-state index in [0.29, 0.717) is 43.1 Å². The summed E-state index contributed by atoms with van der Waals surface area (Å²) < 4.78 is 13.6. The summed E-state index contributed by atoms with van der Waals surface area (Å²) >= 11 is 6.11. The average Bonchev–Trinajstić information content (AvgIpc) is 2.78. The van der Waals surface area contributed by atoms with E-state index in [4.69, 9.17) is 11.6 Å². The highest BCUT2D eigenvalue weighted by Crippen LogP contribution is 2.18. The Morgan fingerprint density at radius 1 is 1.00 bits per heavy atom. The van der Waals surface area contributed by atoms with Crippen molar-refractivity contribution in [3.8, 4) is 0 Å². The molecule has 1 aliphatic rings. The largest absolute Gasteiger partial charge is 0.356 e. The van der Waals surface area contributed by atoms with Crippen LogP contribution in [-0.4, -0.2) is 42.9 Å². The van der Waals surface area contributed by atoms with Crippen LogP contribution in [0.15, 0.2) is 48.5 Å². The molecule has 0 radical (unpaired) electrons. The van der Waals surface area contributed by atoms with E-state index in [1.54, 1.807) is 18.2 Å². The molecule has 0 aliphatic carbocycles. The highest BCUT2D eigenvalue weighted by atomic mass is 35.5. The summed E-state index contributed by atoms with van der Waals surface area (Å²) in [7, 11) is 0. The molecule has 2 aromatic rings. The number of nitrogens with one attached hydrogen (secondary N) is 2. The molecule has 0 bridgehead atoms. The maximum Gasteiger partial charge on any atom is 0.223 e. The summed E-state index contributed by atoms with van der Waals surface area (Å²) in [6.45, 7) is 3.13. The number of piperidine rings is 1. The van der Waals surface area contributed by atoms with Gasteiger partial charge in [-0.15, -0.1) is 0 Å². The zero-order chi connectivity index (χ0) is 22.1. The maximum atomic E-state index is 13.6. The molecule has 5 nitrogen and oxygen atoms in total. The monoisotopic (exact) mass is 445 g/mol. The minimum atomic E-state index is -0.235. The van der Waals surface area contributed by atoms with Crippen LogP contribution in [0.3, 0.4) is 0 Å². The quantitative estimate of drug-likeness (QED) is 0.620. The Balaban J connectivity index is 1.30. The van der Waals surface area contributed by atoms with Gasteiger partial charge in [0.1, 0.15) is 5.82 Å². The van der Waals surface area contributed by atoms with Crippen molar-refractivity contribution in [2.45, 2.75) is 32.2 Å². The van der Waals surface area contributed by atoms with Gasteiger partial charge in [0.2, 0.25) is 11.8 Å². The lowest BCUT2D eigenvalue weighted by molar-refractivity contribution is -0.127. The van der Waals surface area contributed by atoms with Crippen molar-refractivity contribution >= 4 is 23.4 Å². The molecule has 0 aromatic heterocycles. The van der Waals surface area contributed by atoms with Gasteiger partial charge in [0.25, 0.3) is 0 Å². The molecule has 1 saturated heterocycles. The molecule has 2 N–H and O–H groups in total. The Kier molecular flexibility index (Phi) is 8.85. The molecule has 0 atom stereocenters. The first kappa shape index (κ1) is 23.2. The van der Waals surface area contributed by atoms with E-state index in [0.717, 1.165) is 31.5 Å². The molecular weight excluding hydrogens is 417 g/mol. The van der Waals surface area contributed by atoms with Crippen molar-refractivity contribution in [2.75, 3.05) is 26.2 Å². The zero-order valence-electron chi connectivity index (χ0n) is 17.6. The van der Waals surface area contributed by atoms with E-state index in [1.807, 2.05) is 24.3 Å². The molecule has 2 aromatic carbocycles. The van der Waals surface area contributed by atoms with Gasteiger partial charge in [-0.3, -0.25) is 9.59 Å². The van der Waals surface area contributed by atoms with E-state index >= 15 is 0 Å². The molecule has 0 spiro atoms. The fourth-order valence-corrected chi connectivity index (χ4v) is 3.97. The van der Waals surface area contributed by atoms with Crippen LogP contribution in [0.4, 0.5) is 4.39 Å². The number of carbonyl (C=O) groups excluding carboxylic acids is 2. The summed E-state index contributed by atoms with van der Waals surface area (Å²) in [6.07, 6.45) is 2.45. The van der Waals surface area contributed by atoms with Gasteiger partial charge < -0.3 is 15.5 Å². The molecule has 3 rings (SSSR count). The molecule has 166 valence electrons. The number of hydrogen-bond acceptors (Lipinski definition) is 3. The minimum Gasteiger partial charge on any atom is -0.356 e. The number of likely N-dealkylation sites (tertiary alicyclic amines) is 1. The van der Waals surface area contributed by atoms with Gasteiger partial charge in [-0.1, -0.05) is 48.0 Å². The second kappa shape index (κ2) is 11.8. The molecule has 1 heterocycles. The van der Waals surface area contributed by atoms with Crippen molar-refractivity contribution in [1.82, 2.24) is 15.5 Å². The van der Waals surface area contributed by atoms with Gasteiger partial charge in [0.15, 0.2) is 0 Å². The lowest BCUT2D eigenvalue weighted by Gasteiger charge is -2.31. The van der Waals surface area contributed by atoms with Crippen LogP contribution in [-0.2, 0) is 22.6 Å². The van der Waals surface area contributed by atoms with Gasteiger partial charge in [0, 0.05) is 37.0 Å². The standard InChI is InChI=1S/C24H29ClFN3O2/c25-21-7-3-1-6-20(21)17-28-23(30)12-16-29-14-10-19(11-15-29)24(31)27-13-9-18-5-2-4-8-22(18)26/h1-8,19H,9-17H2,(H,27,31)(H,28,30). The van der Waals surface area contributed by atoms with E-state index in [9.17, 15) is 14.0 Å². The number of rotatable bonds is 9. The smallest absolute Gasteiger partial charge is 0.223 e. The summed E-state index contributed by atoms with van der Waals surface area (Å²) in [5.74, 6) is -0.228. The van der Waals surface area contributed by atoms with Crippen LogP contribution < -0.4 is 10.6 Å². The average molecular weight is 446 g/mol. The fraction of sp³-hybridized carbons (Fsp3) is 0.417. The van der Waals surface area contributed by atoms with E-state index in [1.165, 1.54) is 6.07 Å². The second-order valence-corrected chi connectivity index (χ2v) is 8.27. The van der Waals surface area contributed by atoms with Crippen molar-refractivity contribution < 1.29 is 14.0 Å². The summed E-state index contributed by atoms with van der Waals surface area (Å²) in [6, 6.07) is 14.1. The van der Waals surface area contributed by atoms with Crippen LogP contribution in [0.5, 0.6) is 0 Å². The van der Waals surface area contributed by atoms with Crippen LogP contribution >= 0.6 is 11.6 Å². The molecule has 0 saturated carbocycles. The highest BCUT2D eigenvalue weighted by molar-refractivity contribution is 6.31. The first-order valence-corrected chi connectivity index (χ1v) is 11.1. The first-order chi connectivity index (χ1) is 15.0. The summed E-state index contributed by atoms with van der Waals surface area (Å²) in [4.78, 5) is 26.7. The van der Waals surface area contributed by atoms with Crippen molar-refractivity contribution in [2.24, 2.45) is 5.92 Å². The molecule has 1 aliphatic heterocycles. The Bertz CT molecular complexity index is 885. The fourth-order valence-electron chi connectivity index (χ4n) is 3.77. The highest BCUT2D eigenvalue weighted by Gasteiger charge is 2.24. The molecule has 7 heteroatoms.